The number of carbonyl (C=O) groups excluding carboxylic acids is 1. The van der Waals surface area contributed by atoms with Crippen LogP contribution in [0, 0.1) is 18.6 Å². The minimum absolute atomic E-state index is 0.0238. The van der Waals surface area contributed by atoms with E-state index >= 15 is 0 Å². The molecule has 3 N–H and O–H groups in total. The number of ether oxygens (including phenoxy) is 1. The molecule has 1 atom stereocenters. The molecule has 0 spiro atoms. The molecule has 190 valence electrons. The lowest BCUT2D eigenvalue weighted by Crippen LogP contribution is -2.45. The van der Waals surface area contributed by atoms with E-state index in [2.05, 4.69) is 15.3 Å². The molecule has 5 rings (SSSR count). The number of hydrogen-bond acceptors (Lipinski definition) is 6. The normalized spacial score (nSPS) is 15.5. The summed E-state index contributed by atoms with van der Waals surface area (Å²) in [5, 5.41) is 4.00. The monoisotopic (exact) mass is 503 g/mol. The SMILES string of the molecule is Cc1cc(N)c(F)c(F)c1-c1ccc2nc(N[C@H]3CCCN(C(=O)OCc4ccccc4)C3)ncc2c1. The summed E-state index contributed by atoms with van der Waals surface area (Å²) in [5.41, 5.74) is 8.15. The highest BCUT2D eigenvalue weighted by Crippen LogP contribution is 2.32. The van der Waals surface area contributed by atoms with E-state index in [-0.39, 0.29) is 30.0 Å². The summed E-state index contributed by atoms with van der Waals surface area (Å²) >= 11 is 0. The predicted molar refractivity (Wildman–Crippen MR) is 139 cm³/mol. The van der Waals surface area contributed by atoms with E-state index in [9.17, 15) is 13.6 Å². The molecule has 0 unspecified atom stereocenters. The molecule has 0 saturated carbocycles. The Morgan fingerprint density at radius 1 is 1.16 bits per heavy atom. The van der Waals surface area contributed by atoms with Crippen molar-refractivity contribution >= 4 is 28.6 Å². The molecule has 1 aromatic heterocycles. The van der Waals surface area contributed by atoms with Crippen molar-refractivity contribution in [1.82, 2.24) is 14.9 Å². The third-order valence-electron chi connectivity index (χ3n) is 6.52. The van der Waals surface area contributed by atoms with Gasteiger partial charge in [-0.3, -0.25) is 0 Å². The van der Waals surface area contributed by atoms with Gasteiger partial charge in [0.15, 0.2) is 11.6 Å². The van der Waals surface area contributed by atoms with Crippen LogP contribution in [0.25, 0.3) is 22.0 Å². The molecule has 0 radical (unpaired) electrons. The number of nitrogen functional groups attached to an aromatic ring is 1. The Balaban J connectivity index is 1.27. The zero-order valence-electron chi connectivity index (χ0n) is 20.4. The van der Waals surface area contributed by atoms with Gasteiger partial charge in [0.1, 0.15) is 6.61 Å². The second-order valence-electron chi connectivity index (χ2n) is 9.22. The van der Waals surface area contributed by atoms with Crippen molar-refractivity contribution in [3.8, 4) is 11.1 Å². The van der Waals surface area contributed by atoms with Gasteiger partial charge in [0, 0.05) is 36.3 Å². The van der Waals surface area contributed by atoms with Gasteiger partial charge in [0.2, 0.25) is 5.95 Å². The van der Waals surface area contributed by atoms with Crippen LogP contribution in [0.3, 0.4) is 0 Å². The molecule has 1 fully saturated rings. The van der Waals surface area contributed by atoms with Crippen molar-refractivity contribution in [3.63, 3.8) is 0 Å². The Kier molecular flexibility index (Phi) is 6.85. The molecule has 4 aromatic rings. The van der Waals surface area contributed by atoms with Crippen LogP contribution in [0.4, 0.5) is 25.2 Å². The molecule has 0 aliphatic carbocycles. The molecule has 2 heterocycles. The van der Waals surface area contributed by atoms with Gasteiger partial charge >= 0.3 is 6.09 Å². The standard InChI is InChI=1S/C28H27F2N5O2/c1-17-12-22(31)25(29)26(30)24(17)19-9-10-23-20(13-19)14-32-27(34-23)33-21-8-5-11-35(15-21)28(36)37-16-18-6-3-2-4-7-18/h2-4,6-7,9-10,12-14,21H,5,8,11,15-16,31H2,1H3,(H,32,33,34)/t21-/m0/s1. The number of nitrogens with one attached hydrogen (secondary N) is 1. The van der Waals surface area contributed by atoms with Crippen LogP contribution in [-0.2, 0) is 11.3 Å². The van der Waals surface area contributed by atoms with E-state index in [0.717, 1.165) is 18.4 Å². The van der Waals surface area contributed by atoms with E-state index in [1.54, 1.807) is 36.2 Å². The number of aromatic nitrogens is 2. The molecular formula is C28H27F2N5O2. The Labute approximate surface area is 213 Å². The van der Waals surface area contributed by atoms with Crippen molar-refractivity contribution < 1.29 is 18.3 Å². The van der Waals surface area contributed by atoms with Crippen LogP contribution in [0.5, 0.6) is 0 Å². The first kappa shape index (κ1) is 24.4. The summed E-state index contributed by atoms with van der Waals surface area (Å²) in [5.74, 6) is -1.59. The molecule has 7 nitrogen and oxygen atoms in total. The maximum Gasteiger partial charge on any atom is 0.410 e. The van der Waals surface area contributed by atoms with Gasteiger partial charge in [0.05, 0.1) is 11.2 Å². The van der Waals surface area contributed by atoms with Gasteiger partial charge in [-0.2, -0.15) is 0 Å². The number of aryl methyl sites for hydroxylation is 1. The molecule has 0 bridgehead atoms. The fourth-order valence-electron chi connectivity index (χ4n) is 4.65. The Morgan fingerprint density at radius 3 is 2.78 bits per heavy atom. The number of rotatable bonds is 5. The van der Waals surface area contributed by atoms with Gasteiger partial charge < -0.3 is 20.7 Å². The topological polar surface area (TPSA) is 93.4 Å². The largest absolute Gasteiger partial charge is 0.445 e. The van der Waals surface area contributed by atoms with Crippen molar-refractivity contribution in [2.75, 3.05) is 24.1 Å². The van der Waals surface area contributed by atoms with Crippen LogP contribution in [-0.4, -0.2) is 40.1 Å². The summed E-state index contributed by atoms with van der Waals surface area (Å²) < 4.78 is 34.2. The fourth-order valence-corrected chi connectivity index (χ4v) is 4.65. The number of nitrogens with two attached hydrogens (primary N) is 1. The first-order valence-corrected chi connectivity index (χ1v) is 12.1. The van der Waals surface area contributed by atoms with E-state index in [4.69, 9.17) is 10.5 Å². The third-order valence-corrected chi connectivity index (χ3v) is 6.52. The van der Waals surface area contributed by atoms with E-state index < -0.39 is 11.6 Å². The Hall–Kier alpha value is -4.27. The summed E-state index contributed by atoms with van der Waals surface area (Å²) in [4.78, 5) is 23.3. The summed E-state index contributed by atoms with van der Waals surface area (Å²) in [6.07, 6.45) is 3.00. The van der Waals surface area contributed by atoms with E-state index in [1.165, 1.54) is 6.07 Å². The number of nitrogens with zero attached hydrogens (tertiary/aromatic N) is 3. The zero-order valence-corrected chi connectivity index (χ0v) is 20.4. The molecule has 1 aliphatic rings. The Morgan fingerprint density at radius 2 is 1.97 bits per heavy atom. The second kappa shape index (κ2) is 10.4. The van der Waals surface area contributed by atoms with Crippen LogP contribution in [0.1, 0.15) is 24.0 Å². The summed E-state index contributed by atoms with van der Waals surface area (Å²) in [7, 11) is 0. The second-order valence-corrected chi connectivity index (χ2v) is 9.22. The number of piperidine rings is 1. The first-order valence-electron chi connectivity index (χ1n) is 12.1. The van der Waals surface area contributed by atoms with Crippen molar-refractivity contribution in [1.29, 1.82) is 0 Å². The van der Waals surface area contributed by atoms with Crippen LogP contribution >= 0.6 is 0 Å². The maximum atomic E-state index is 14.6. The number of benzene rings is 3. The highest BCUT2D eigenvalue weighted by molar-refractivity contribution is 5.85. The lowest BCUT2D eigenvalue weighted by molar-refractivity contribution is 0.0874. The minimum Gasteiger partial charge on any atom is -0.445 e. The van der Waals surface area contributed by atoms with E-state index in [1.807, 2.05) is 30.3 Å². The van der Waals surface area contributed by atoms with Gasteiger partial charge in [-0.05, 0) is 54.7 Å². The average molecular weight is 504 g/mol. The minimum atomic E-state index is -1.05. The van der Waals surface area contributed by atoms with Gasteiger partial charge in [-0.1, -0.05) is 36.4 Å². The summed E-state index contributed by atoms with van der Waals surface area (Å²) in [6, 6.07) is 16.1. The van der Waals surface area contributed by atoms with Crippen molar-refractivity contribution in [3.05, 3.63) is 83.6 Å². The number of amides is 1. The molecular weight excluding hydrogens is 476 g/mol. The lowest BCUT2D eigenvalue weighted by Gasteiger charge is -2.32. The molecule has 3 aromatic carbocycles. The number of likely N-dealkylation sites (tertiary alicyclic amines) is 1. The van der Waals surface area contributed by atoms with Crippen molar-refractivity contribution in [2.45, 2.75) is 32.4 Å². The highest BCUT2D eigenvalue weighted by Gasteiger charge is 2.25. The number of carbonyl (C=O) groups is 1. The molecule has 1 saturated heterocycles. The van der Waals surface area contributed by atoms with Crippen molar-refractivity contribution in [2.24, 2.45) is 0 Å². The predicted octanol–water partition coefficient (Wildman–Crippen LogP) is 5.68. The van der Waals surface area contributed by atoms with Crippen LogP contribution in [0.15, 0.2) is 60.8 Å². The van der Waals surface area contributed by atoms with Gasteiger partial charge in [0.25, 0.3) is 0 Å². The quantitative estimate of drug-likeness (QED) is 0.341. The van der Waals surface area contributed by atoms with Gasteiger partial charge in [-0.15, -0.1) is 0 Å². The summed E-state index contributed by atoms with van der Waals surface area (Å²) in [6.45, 7) is 3.04. The maximum absolute atomic E-state index is 14.6. The number of anilines is 2. The highest BCUT2D eigenvalue weighted by atomic mass is 19.2. The average Bonchev–Trinajstić information content (AvgIpc) is 2.91. The first-order chi connectivity index (χ1) is 17.9. The number of fused-ring (bicyclic) bond motifs is 1. The lowest BCUT2D eigenvalue weighted by atomic mass is 9.98. The zero-order chi connectivity index (χ0) is 25.9. The Bertz CT molecular complexity index is 1450. The molecule has 1 aliphatic heterocycles. The molecule has 37 heavy (non-hydrogen) atoms. The molecule has 1 amide bonds. The fraction of sp³-hybridized carbons (Fsp3) is 0.250. The van der Waals surface area contributed by atoms with Crippen LogP contribution in [0.2, 0.25) is 0 Å². The number of hydrogen-bond donors (Lipinski definition) is 2. The smallest absolute Gasteiger partial charge is 0.410 e. The number of halogens is 2. The molecule has 9 heteroatoms. The van der Waals surface area contributed by atoms with E-state index in [0.29, 0.717) is 41.1 Å². The van der Waals surface area contributed by atoms with Gasteiger partial charge in [-0.25, -0.2) is 23.5 Å². The van der Waals surface area contributed by atoms with Crippen LogP contribution < -0.4 is 11.1 Å². The third kappa shape index (κ3) is 5.30.